The molecule has 0 aromatic rings. The van der Waals surface area contributed by atoms with Crippen molar-refractivity contribution in [1.82, 2.24) is 5.32 Å². The quantitative estimate of drug-likeness (QED) is 0.680. The van der Waals surface area contributed by atoms with Gasteiger partial charge in [0, 0.05) is 6.04 Å². The summed E-state index contributed by atoms with van der Waals surface area (Å²) in [5, 5.41) is 3.15. The van der Waals surface area contributed by atoms with Crippen LogP contribution in [0.2, 0.25) is 0 Å². The molecule has 2 atom stereocenters. The minimum Gasteiger partial charge on any atom is -0.316 e. The molecule has 1 aliphatic rings. The maximum Gasteiger partial charge on any atom is 0.150 e. The van der Waals surface area contributed by atoms with Gasteiger partial charge in [0.05, 0.1) is 11.5 Å². The number of rotatable bonds is 4. The van der Waals surface area contributed by atoms with Crippen molar-refractivity contribution in [3.63, 3.8) is 0 Å². The van der Waals surface area contributed by atoms with Crippen LogP contribution in [-0.2, 0) is 9.84 Å². The zero-order valence-corrected chi connectivity index (χ0v) is 8.81. The third-order valence-electron chi connectivity index (χ3n) is 2.63. The van der Waals surface area contributed by atoms with Gasteiger partial charge in [-0.1, -0.05) is 6.08 Å². The Hall–Kier alpha value is -0.350. The van der Waals surface area contributed by atoms with Gasteiger partial charge in [0.1, 0.15) is 0 Å². The van der Waals surface area contributed by atoms with E-state index in [1.807, 2.05) is 13.1 Å². The smallest absolute Gasteiger partial charge is 0.150 e. The van der Waals surface area contributed by atoms with Crippen LogP contribution in [0.5, 0.6) is 0 Å². The Morgan fingerprint density at radius 3 is 2.77 bits per heavy atom. The summed E-state index contributed by atoms with van der Waals surface area (Å²) < 4.78 is 22.4. The van der Waals surface area contributed by atoms with Crippen LogP contribution in [-0.4, -0.2) is 33.0 Å². The molecule has 1 fully saturated rings. The van der Waals surface area contributed by atoms with Crippen LogP contribution in [0.3, 0.4) is 0 Å². The SMILES string of the molecule is C=CCC(NC)C1CCS(=O)(=O)C1. The molecule has 0 aromatic carbocycles. The maximum absolute atomic E-state index is 11.2. The number of hydrogen-bond acceptors (Lipinski definition) is 3. The number of nitrogens with one attached hydrogen (secondary N) is 1. The lowest BCUT2D eigenvalue weighted by molar-refractivity contribution is 0.408. The third-order valence-corrected chi connectivity index (χ3v) is 4.42. The van der Waals surface area contributed by atoms with Crippen molar-refractivity contribution >= 4 is 9.84 Å². The number of sulfone groups is 1. The fraction of sp³-hybridized carbons (Fsp3) is 0.778. The van der Waals surface area contributed by atoms with Crippen LogP contribution in [0.4, 0.5) is 0 Å². The summed E-state index contributed by atoms with van der Waals surface area (Å²) in [6, 6.07) is 0.273. The van der Waals surface area contributed by atoms with Crippen molar-refractivity contribution in [2.24, 2.45) is 5.92 Å². The summed E-state index contributed by atoms with van der Waals surface area (Å²) in [5.74, 6) is 0.965. The summed E-state index contributed by atoms with van der Waals surface area (Å²) in [6.07, 6.45) is 3.48. The van der Waals surface area contributed by atoms with Gasteiger partial charge in [-0.3, -0.25) is 0 Å². The van der Waals surface area contributed by atoms with Crippen molar-refractivity contribution < 1.29 is 8.42 Å². The molecule has 0 spiro atoms. The van der Waals surface area contributed by atoms with E-state index in [1.54, 1.807) is 0 Å². The summed E-state index contributed by atoms with van der Waals surface area (Å²) in [7, 11) is -0.869. The van der Waals surface area contributed by atoms with Crippen LogP contribution >= 0.6 is 0 Å². The normalized spacial score (nSPS) is 28.5. The Morgan fingerprint density at radius 2 is 2.38 bits per heavy atom. The summed E-state index contributed by atoms with van der Waals surface area (Å²) in [6.45, 7) is 3.67. The molecule has 1 N–H and O–H groups in total. The lowest BCUT2D eigenvalue weighted by Gasteiger charge is -2.19. The van der Waals surface area contributed by atoms with Crippen LogP contribution in [0, 0.1) is 5.92 Å². The van der Waals surface area contributed by atoms with Gasteiger partial charge >= 0.3 is 0 Å². The van der Waals surface area contributed by atoms with Crippen molar-refractivity contribution in [2.45, 2.75) is 18.9 Å². The lowest BCUT2D eigenvalue weighted by atomic mass is 9.97. The zero-order chi connectivity index (χ0) is 9.90. The van der Waals surface area contributed by atoms with E-state index in [1.165, 1.54) is 0 Å². The van der Waals surface area contributed by atoms with E-state index >= 15 is 0 Å². The van der Waals surface area contributed by atoms with E-state index < -0.39 is 9.84 Å². The molecule has 0 bridgehead atoms. The van der Waals surface area contributed by atoms with E-state index in [0.29, 0.717) is 11.5 Å². The van der Waals surface area contributed by atoms with E-state index in [9.17, 15) is 8.42 Å². The topological polar surface area (TPSA) is 46.2 Å². The Labute approximate surface area is 80.1 Å². The lowest BCUT2D eigenvalue weighted by Crippen LogP contribution is -2.33. The molecule has 0 amide bonds. The molecule has 1 heterocycles. The molecule has 13 heavy (non-hydrogen) atoms. The Balaban J connectivity index is 2.57. The van der Waals surface area contributed by atoms with Crippen LogP contribution in [0.15, 0.2) is 12.7 Å². The van der Waals surface area contributed by atoms with Crippen LogP contribution in [0.25, 0.3) is 0 Å². The average Bonchev–Trinajstić information content (AvgIpc) is 2.42. The molecular weight excluding hydrogens is 186 g/mol. The molecule has 4 heteroatoms. The Morgan fingerprint density at radius 1 is 1.69 bits per heavy atom. The van der Waals surface area contributed by atoms with E-state index in [0.717, 1.165) is 12.8 Å². The van der Waals surface area contributed by atoms with Crippen LogP contribution < -0.4 is 5.32 Å². The molecule has 1 aliphatic heterocycles. The standard InChI is InChI=1S/C9H17NO2S/c1-3-4-9(10-2)8-5-6-13(11,12)7-8/h3,8-10H,1,4-7H2,2H3. The second-order valence-corrected chi connectivity index (χ2v) is 5.81. The maximum atomic E-state index is 11.2. The van der Waals surface area contributed by atoms with Crippen molar-refractivity contribution in [3.8, 4) is 0 Å². The van der Waals surface area contributed by atoms with Gasteiger partial charge in [0.25, 0.3) is 0 Å². The Bertz CT molecular complexity index is 271. The molecule has 0 saturated carbocycles. The third kappa shape index (κ3) is 2.81. The van der Waals surface area contributed by atoms with Gasteiger partial charge in [-0.15, -0.1) is 6.58 Å². The fourth-order valence-corrected chi connectivity index (χ4v) is 3.75. The summed E-state index contributed by atoms with van der Waals surface area (Å²) in [5.41, 5.74) is 0. The second kappa shape index (κ2) is 4.24. The molecule has 1 rings (SSSR count). The number of hydrogen-bond donors (Lipinski definition) is 1. The second-order valence-electron chi connectivity index (χ2n) is 3.58. The zero-order valence-electron chi connectivity index (χ0n) is 7.99. The molecule has 1 saturated heterocycles. The first-order chi connectivity index (χ1) is 6.09. The predicted molar refractivity (Wildman–Crippen MR) is 54.4 cm³/mol. The monoisotopic (exact) mass is 203 g/mol. The largest absolute Gasteiger partial charge is 0.316 e. The first-order valence-corrected chi connectivity index (χ1v) is 6.40. The van der Waals surface area contributed by atoms with Crippen molar-refractivity contribution in [2.75, 3.05) is 18.6 Å². The summed E-state index contributed by atoms with van der Waals surface area (Å²) >= 11 is 0. The van der Waals surface area contributed by atoms with Gasteiger partial charge in [0.15, 0.2) is 9.84 Å². The van der Waals surface area contributed by atoms with Crippen molar-refractivity contribution in [1.29, 1.82) is 0 Å². The van der Waals surface area contributed by atoms with E-state index in [2.05, 4.69) is 11.9 Å². The molecule has 0 aliphatic carbocycles. The molecule has 3 nitrogen and oxygen atoms in total. The molecule has 0 aromatic heterocycles. The van der Waals surface area contributed by atoms with Gasteiger partial charge in [-0.2, -0.15) is 0 Å². The van der Waals surface area contributed by atoms with E-state index in [4.69, 9.17) is 0 Å². The van der Waals surface area contributed by atoms with Crippen LogP contribution in [0.1, 0.15) is 12.8 Å². The highest BCUT2D eigenvalue weighted by Crippen LogP contribution is 2.23. The molecule has 0 radical (unpaired) electrons. The fourth-order valence-electron chi connectivity index (χ4n) is 1.87. The van der Waals surface area contributed by atoms with Gasteiger partial charge in [0.2, 0.25) is 0 Å². The highest BCUT2D eigenvalue weighted by atomic mass is 32.2. The van der Waals surface area contributed by atoms with Gasteiger partial charge in [-0.25, -0.2) is 8.42 Å². The van der Waals surface area contributed by atoms with Gasteiger partial charge < -0.3 is 5.32 Å². The minimum absolute atomic E-state index is 0.271. The van der Waals surface area contributed by atoms with Crippen molar-refractivity contribution in [3.05, 3.63) is 12.7 Å². The minimum atomic E-state index is -2.74. The van der Waals surface area contributed by atoms with Gasteiger partial charge in [-0.05, 0) is 25.8 Å². The average molecular weight is 203 g/mol. The molecule has 2 unspecified atom stereocenters. The first-order valence-electron chi connectivity index (χ1n) is 4.57. The highest BCUT2D eigenvalue weighted by Gasteiger charge is 2.32. The molecular formula is C9H17NO2S. The Kier molecular flexibility index (Phi) is 3.50. The first kappa shape index (κ1) is 10.7. The molecule has 76 valence electrons. The highest BCUT2D eigenvalue weighted by molar-refractivity contribution is 7.91. The summed E-state index contributed by atoms with van der Waals surface area (Å²) in [4.78, 5) is 0. The predicted octanol–water partition coefficient (Wildman–Crippen LogP) is 0.585. The van der Waals surface area contributed by atoms with E-state index in [-0.39, 0.29) is 12.0 Å².